The smallest absolute Gasteiger partial charge is 0.312 e. The molecule has 3 heteroatoms. The number of ketones is 1. The van der Waals surface area contributed by atoms with E-state index in [0.29, 0.717) is 6.61 Å². The predicted octanol–water partition coefficient (Wildman–Crippen LogP) is 3.37. The second kappa shape index (κ2) is 5.39. The van der Waals surface area contributed by atoms with Crippen molar-refractivity contribution in [2.75, 3.05) is 6.61 Å². The fourth-order valence-corrected chi connectivity index (χ4v) is 2.95. The van der Waals surface area contributed by atoms with Gasteiger partial charge in [-0.2, -0.15) is 0 Å². The van der Waals surface area contributed by atoms with E-state index in [1.54, 1.807) is 6.08 Å². The quantitative estimate of drug-likeness (QED) is 0.741. The van der Waals surface area contributed by atoms with E-state index in [1.165, 1.54) is 0 Å². The first-order valence-electron chi connectivity index (χ1n) is 7.21. The fourth-order valence-electron chi connectivity index (χ4n) is 2.95. The molecule has 0 amide bonds. The molecule has 108 valence electrons. The van der Waals surface area contributed by atoms with E-state index >= 15 is 0 Å². The van der Waals surface area contributed by atoms with Crippen molar-refractivity contribution in [3.8, 4) is 0 Å². The van der Waals surface area contributed by atoms with Crippen LogP contribution in [-0.4, -0.2) is 18.4 Å². The van der Waals surface area contributed by atoms with Gasteiger partial charge < -0.3 is 4.74 Å². The molecule has 0 fully saturated rings. The number of carbonyl (C=O) groups is 2. The van der Waals surface area contributed by atoms with Crippen LogP contribution >= 0.6 is 0 Å². The zero-order valence-electron chi connectivity index (χ0n) is 12.7. The van der Waals surface area contributed by atoms with Gasteiger partial charge in [-0.3, -0.25) is 9.59 Å². The molecule has 0 saturated carbocycles. The Kier molecular flexibility index (Phi) is 3.98. The molecule has 0 unspecified atom stereocenters. The SMILES string of the molecule is CCOC(=O)[C@@H](C)C1=CC2=C(C)C(=O)C=C[C@]2(C)CC1. The van der Waals surface area contributed by atoms with Crippen LogP contribution in [0.1, 0.15) is 40.5 Å². The minimum atomic E-state index is -0.235. The highest BCUT2D eigenvalue weighted by atomic mass is 16.5. The standard InChI is InChI=1S/C17H22O3/c1-5-20-16(19)11(2)13-6-8-17(4)9-7-15(18)12(3)14(17)10-13/h7,9-11H,5-6,8H2,1-4H3/t11-,17-/m0/s1. The summed E-state index contributed by atoms with van der Waals surface area (Å²) in [7, 11) is 0. The van der Waals surface area contributed by atoms with Gasteiger partial charge in [0.25, 0.3) is 0 Å². The maximum Gasteiger partial charge on any atom is 0.312 e. The van der Waals surface area contributed by atoms with Crippen LogP contribution in [0.15, 0.2) is 34.9 Å². The normalized spacial score (nSPS) is 27.0. The summed E-state index contributed by atoms with van der Waals surface area (Å²) in [6.45, 7) is 8.11. The van der Waals surface area contributed by atoms with Crippen LogP contribution in [0.2, 0.25) is 0 Å². The Balaban J connectivity index is 2.34. The molecule has 2 atom stereocenters. The molecule has 0 heterocycles. The number of allylic oxidation sites excluding steroid dienone is 5. The molecule has 0 spiro atoms. The molecule has 0 bridgehead atoms. The van der Waals surface area contributed by atoms with E-state index < -0.39 is 0 Å². The minimum absolute atomic E-state index is 0.0683. The van der Waals surface area contributed by atoms with Gasteiger partial charge in [-0.15, -0.1) is 0 Å². The van der Waals surface area contributed by atoms with Crippen LogP contribution in [0.25, 0.3) is 0 Å². The number of hydrogen-bond donors (Lipinski definition) is 0. The van der Waals surface area contributed by atoms with Gasteiger partial charge in [0.05, 0.1) is 12.5 Å². The summed E-state index contributed by atoms with van der Waals surface area (Å²) in [5.74, 6) is -0.349. The molecule has 0 saturated heterocycles. The average molecular weight is 274 g/mol. The summed E-state index contributed by atoms with van der Waals surface area (Å²) in [6, 6.07) is 0. The monoisotopic (exact) mass is 274 g/mol. The number of rotatable bonds is 3. The van der Waals surface area contributed by atoms with Crippen molar-refractivity contribution < 1.29 is 14.3 Å². The average Bonchev–Trinajstić information content (AvgIpc) is 2.43. The molecule has 0 aliphatic heterocycles. The highest BCUT2D eigenvalue weighted by Gasteiger charge is 2.36. The zero-order valence-corrected chi connectivity index (χ0v) is 12.7. The van der Waals surface area contributed by atoms with Crippen LogP contribution in [0.4, 0.5) is 0 Å². The van der Waals surface area contributed by atoms with Crippen LogP contribution in [0.3, 0.4) is 0 Å². The van der Waals surface area contributed by atoms with Gasteiger partial charge in [0.15, 0.2) is 5.78 Å². The molecule has 0 aromatic heterocycles. The summed E-state index contributed by atoms with van der Waals surface area (Å²) < 4.78 is 5.09. The van der Waals surface area contributed by atoms with Gasteiger partial charge in [-0.1, -0.05) is 24.6 Å². The summed E-state index contributed by atoms with van der Waals surface area (Å²) >= 11 is 0. The predicted molar refractivity (Wildman–Crippen MR) is 78.1 cm³/mol. The summed E-state index contributed by atoms with van der Waals surface area (Å²) in [5.41, 5.74) is 2.85. The van der Waals surface area contributed by atoms with Crippen molar-refractivity contribution in [3.63, 3.8) is 0 Å². The van der Waals surface area contributed by atoms with Crippen molar-refractivity contribution in [2.24, 2.45) is 11.3 Å². The lowest BCUT2D eigenvalue weighted by Crippen LogP contribution is -2.28. The van der Waals surface area contributed by atoms with Crippen molar-refractivity contribution in [3.05, 3.63) is 34.9 Å². The molecular formula is C17H22O3. The second-order valence-electron chi connectivity index (χ2n) is 5.85. The van der Waals surface area contributed by atoms with Crippen LogP contribution in [0, 0.1) is 11.3 Å². The van der Waals surface area contributed by atoms with E-state index in [2.05, 4.69) is 6.92 Å². The zero-order chi connectivity index (χ0) is 14.9. The maximum atomic E-state index is 11.9. The molecule has 0 radical (unpaired) electrons. The first kappa shape index (κ1) is 14.8. The number of ether oxygens (including phenoxy) is 1. The van der Waals surface area contributed by atoms with E-state index in [-0.39, 0.29) is 23.1 Å². The van der Waals surface area contributed by atoms with Gasteiger partial charge in [-0.25, -0.2) is 0 Å². The van der Waals surface area contributed by atoms with Gasteiger partial charge >= 0.3 is 5.97 Å². The number of hydrogen-bond acceptors (Lipinski definition) is 3. The molecule has 2 aliphatic carbocycles. The lowest BCUT2D eigenvalue weighted by atomic mass is 9.67. The third kappa shape index (κ3) is 2.49. The molecule has 0 aromatic carbocycles. The number of carbonyl (C=O) groups excluding carboxylic acids is 2. The molecular weight excluding hydrogens is 252 g/mol. The first-order valence-corrected chi connectivity index (χ1v) is 7.21. The molecule has 3 nitrogen and oxygen atoms in total. The third-order valence-electron chi connectivity index (χ3n) is 4.45. The summed E-state index contributed by atoms with van der Waals surface area (Å²) in [4.78, 5) is 23.7. The number of fused-ring (bicyclic) bond motifs is 1. The third-order valence-corrected chi connectivity index (χ3v) is 4.45. The van der Waals surface area contributed by atoms with Gasteiger partial charge in [0, 0.05) is 11.0 Å². The topological polar surface area (TPSA) is 43.4 Å². The Morgan fingerprint density at radius 3 is 2.85 bits per heavy atom. The molecule has 2 rings (SSSR count). The van der Waals surface area contributed by atoms with Crippen molar-refractivity contribution in [2.45, 2.75) is 40.5 Å². The van der Waals surface area contributed by atoms with E-state index in [4.69, 9.17) is 4.74 Å². The number of esters is 1. The van der Waals surface area contributed by atoms with Crippen LogP contribution in [0.5, 0.6) is 0 Å². The molecule has 2 aliphatic rings. The van der Waals surface area contributed by atoms with Crippen molar-refractivity contribution in [1.29, 1.82) is 0 Å². The lowest BCUT2D eigenvalue weighted by Gasteiger charge is -2.37. The Morgan fingerprint density at radius 2 is 2.20 bits per heavy atom. The highest BCUT2D eigenvalue weighted by Crippen LogP contribution is 2.45. The van der Waals surface area contributed by atoms with Gasteiger partial charge in [-0.05, 0) is 45.3 Å². The van der Waals surface area contributed by atoms with Crippen LogP contribution in [-0.2, 0) is 14.3 Å². The minimum Gasteiger partial charge on any atom is -0.466 e. The fraction of sp³-hybridized carbons (Fsp3) is 0.529. The lowest BCUT2D eigenvalue weighted by molar-refractivity contribution is -0.146. The van der Waals surface area contributed by atoms with Crippen molar-refractivity contribution >= 4 is 11.8 Å². The Labute approximate surface area is 120 Å². The molecule has 20 heavy (non-hydrogen) atoms. The first-order chi connectivity index (χ1) is 9.39. The maximum absolute atomic E-state index is 11.9. The molecule has 0 aromatic rings. The Bertz CT molecular complexity index is 536. The summed E-state index contributed by atoms with van der Waals surface area (Å²) in [6.07, 6.45) is 7.51. The second-order valence-corrected chi connectivity index (χ2v) is 5.85. The van der Waals surface area contributed by atoms with Gasteiger partial charge in [0.1, 0.15) is 0 Å². The largest absolute Gasteiger partial charge is 0.466 e. The molecule has 0 N–H and O–H groups in total. The van der Waals surface area contributed by atoms with Gasteiger partial charge in [0.2, 0.25) is 0 Å². The van der Waals surface area contributed by atoms with E-state index in [1.807, 2.05) is 32.9 Å². The Hall–Kier alpha value is -1.64. The van der Waals surface area contributed by atoms with E-state index in [9.17, 15) is 9.59 Å². The highest BCUT2D eigenvalue weighted by molar-refractivity contribution is 6.06. The van der Waals surface area contributed by atoms with Crippen molar-refractivity contribution in [1.82, 2.24) is 0 Å². The Morgan fingerprint density at radius 1 is 1.50 bits per heavy atom. The van der Waals surface area contributed by atoms with E-state index in [0.717, 1.165) is 29.6 Å². The van der Waals surface area contributed by atoms with Crippen LogP contribution < -0.4 is 0 Å². The summed E-state index contributed by atoms with van der Waals surface area (Å²) in [5, 5.41) is 0.